The molecule has 0 spiro atoms. The first kappa shape index (κ1) is 18.5. The third-order valence-corrected chi connectivity index (χ3v) is 5.37. The molecule has 2 aliphatic heterocycles. The van der Waals surface area contributed by atoms with Crippen LogP contribution in [0.4, 0.5) is 23.0 Å². The first-order valence-electron chi connectivity index (χ1n) is 10.1. The molecule has 7 nitrogen and oxygen atoms in total. The molecule has 1 atom stereocenters. The van der Waals surface area contributed by atoms with Gasteiger partial charge in [0, 0.05) is 25.7 Å². The van der Waals surface area contributed by atoms with E-state index in [0.717, 1.165) is 44.2 Å². The van der Waals surface area contributed by atoms with Gasteiger partial charge in [0.05, 0.1) is 30.0 Å². The molecule has 0 aromatic carbocycles. The summed E-state index contributed by atoms with van der Waals surface area (Å²) in [6.07, 6.45) is 15.5. The van der Waals surface area contributed by atoms with Gasteiger partial charge in [-0.1, -0.05) is 0 Å². The van der Waals surface area contributed by atoms with Crippen molar-refractivity contribution in [1.29, 1.82) is 0 Å². The third kappa shape index (κ3) is 4.52. The maximum absolute atomic E-state index is 5.34. The van der Waals surface area contributed by atoms with Gasteiger partial charge in [-0.05, 0) is 50.6 Å². The van der Waals surface area contributed by atoms with Crippen molar-refractivity contribution in [1.82, 2.24) is 20.3 Å². The van der Waals surface area contributed by atoms with E-state index in [4.69, 9.17) is 6.42 Å². The summed E-state index contributed by atoms with van der Waals surface area (Å²) in [5, 5.41) is 10.4. The fourth-order valence-corrected chi connectivity index (χ4v) is 3.82. The molecule has 28 heavy (non-hydrogen) atoms. The van der Waals surface area contributed by atoms with Crippen molar-refractivity contribution in [2.45, 2.75) is 25.7 Å². The highest BCUT2D eigenvalue weighted by molar-refractivity contribution is 5.73. The van der Waals surface area contributed by atoms with E-state index in [2.05, 4.69) is 47.8 Å². The summed E-state index contributed by atoms with van der Waals surface area (Å²) in [5.74, 6) is 4.51. The number of hydrogen-bond acceptors (Lipinski definition) is 7. The molecule has 1 unspecified atom stereocenters. The summed E-state index contributed by atoms with van der Waals surface area (Å²) in [4.78, 5) is 15.5. The first-order chi connectivity index (χ1) is 13.8. The normalized spacial score (nSPS) is 19.2. The monoisotopic (exact) mass is 377 g/mol. The topological polar surface area (TPSA) is 78.0 Å². The van der Waals surface area contributed by atoms with E-state index in [1.165, 1.54) is 31.4 Å². The van der Waals surface area contributed by atoms with E-state index in [0.29, 0.717) is 17.4 Å². The molecule has 2 fully saturated rings. The minimum atomic E-state index is 0.520. The van der Waals surface area contributed by atoms with Crippen molar-refractivity contribution in [3.8, 4) is 12.3 Å². The second kappa shape index (κ2) is 8.89. The molecule has 0 radical (unpaired) electrons. The zero-order valence-corrected chi connectivity index (χ0v) is 16.1. The summed E-state index contributed by atoms with van der Waals surface area (Å²) in [7, 11) is 0. The second-order valence-electron chi connectivity index (χ2n) is 7.43. The van der Waals surface area contributed by atoms with E-state index in [9.17, 15) is 0 Å². The first-order valence-corrected chi connectivity index (χ1v) is 10.1. The van der Waals surface area contributed by atoms with Crippen LogP contribution in [-0.2, 0) is 0 Å². The number of pyridine rings is 1. The summed E-state index contributed by atoms with van der Waals surface area (Å²) in [6.45, 7) is 5.37. The molecule has 3 N–H and O–H groups in total. The molecular weight excluding hydrogens is 350 g/mol. The highest BCUT2D eigenvalue weighted by atomic mass is 15.2. The Kier molecular flexibility index (Phi) is 5.88. The maximum Gasteiger partial charge on any atom is 0.150 e. The molecule has 4 heterocycles. The molecular formula is C21H27N7. The molecule has 4 rings (SSSR count). The lowest BCUT2D eigenvalue weighted by Crippen LogP contribution is -2.33. The van der Waals surface area contributed by atoms with Gasteiger partial charge in [0.2, 0.25) is 0 Å². The average Bonchev–Trinajstić information content (AvgIpc) is 3.28. The minimum Gasteiger partial charge on any atom is -0.383 e. The predicted octanol–water partition coefficient (Wildman–Crippen LogP) is 2.61. The van der Waals surface area contributed by atoms with Crippen molar-refractivity contribution in [2.75, 3.05) is 48.3 Å². The van der Waals surface area contributed by atoms with E-state index in [1.54, 1.807) is 12.4 Å². The van der Waals surface area contributed by atoms with E-state index < -0.39 is 0 Å². The Morgan fingerprint density at radius 3 is 2.68 bits per heavy atom. The van der Waals surface area contributed by atoms with Crippen LogP contribution >= 0.6 is 0 Å². The van der Waals surface area contributed by atoms with E-state index >= 15 is 0 Å². The SMILES string of the molecule is C#Cc1cnc(Nc2cc(NCC3CCCNC3)c(N3CCCC3)cn2)cn1. The molecule has 0 saturated carbocycles. The van der Waals surface area contributed by atoms with Gasteiger partial charge in [0.15, 0.2) is 0 Å². The lowest BCUT2D eigenvalue weighted by molar-refractivity contribution is 0.393. The fraction of sp³-hybridized carbons (Fsp3) is 0.476. The van der Waals surface area contributed by atoms with E-state index in [-0.39, 0.29) is 0 Å². The Labute approximate surface area is 166 Å². The average molecular weight is 377 g/mol. The molecule has 7 heteroatoms. The van der Waals surface area contributed by atoms with Crippen LogP contribution in [0.2, 0.25) is 0 Å². The Balaban J connectivity index is 1.51. The molecule has 2 aromatic heterocycles. The third-order valence-electron chi connectivity index (χ3n) is 5.37. The van der Waals surface area contributed by atoms with Gasteiger partial charge in [-0.3, -0.25) is 0 Å². The molecule has 0 amide bonds. The van der Waals surface area contributed by atoms with Gasteiger partial charge in [-0.15, -0.1) is 6.42 Å². The molecule has 2 saturated heterocycles. The van der Waals surface area contributed by atoms with Crippen molar-refractivity contribution in [3.05, 3.63) is 30.4 Å². The lowest BCUT2D eigenvalue weighted by Gasteiger charge is -2.26. The van der Waals surface area contributed by atoms with Gasteiger partial charge in [-0.2, -0.15) is 0 Å². The highest BCUT2D eigenvalue weighted by Crippen LogP contribution is 2.31. The van der Waals surface area contributed by atoms with Crippen LogP contribution in [0.1, 0.15) is 31.4 Å². The highest BCUT2D eigenvalue weighted by Gasteiger charge is 2.19. The second-order valence-corrected chi connectivity index (χ2v) is 7.43. The predicted molar refractivity (Wildman–Crippen MR) is 113 cm³/mol. The number of hydrogen-bond donors (Lipinski definition) is 3. The number of rotatable bonds is 6. The summed E-state index contributed by atoms with van der Waals surface area (Å²) in [5.41, 5.74) is 2.82. The van der Waals surface area contributed by atoms with Gasteiger partial charge in [0.25, 0.3) is 0 Å². The van der Waals surface area contributed by atoms with Crippen molar-refractivity contribution >= 4 is 23.0 Å². The van der Waals surface area contributed by atoms with Crippen molar-refractivity contribution in [2.24, 2.45) is 5.92 Å². The molecule has 146 valence electrons. The largest absolute Gasteiger partial charge is 0.383 e. The standard InChI is InChI=1S/C21H27N7/c1-2-17-13-25-21(15-23-17)27-20-10-18(24-12-16-6-5-7-22-11-16)19(14-26-20)28-8-3-4-9-28/h1,10,13-16,22H,3-9,11-12H2,(H2,24,25,26,27). The number of aromatic nitrogens is 3. The molecule has 2 aliphatic rings. The van der Waals surface area contributed by atoms with Crippen LogP contribution in [0, 0.1) is 18.3 Å². The van der Waals surface area contributed by atoms with Crippen molar-refractivity contribution < 1.29 is 0 Å². The smallest absolute Gasteiger partial charge is 0.150 e. The lowest BCUT2D eigenvalue weighted by atomic mass is 10.00. The number of anilines is 4. The maximum atomic E-state index is 5.34. The van der Waals surface area contributed by atoms with E-state index in [1.807, 2.05) is 6.20 Å². The van der Waals surface area contributed by atoms with Crippen LogP contribution in [0.3, 0.4) is 0 Å². The minimum absolute atomic E-state index is 0.520. The Bertz CT molecular complexity index is 816. The van der Waals surface area contributed by atoms with Crippen LogP contribution in [0.15, 0.2) is 24.7 Å². The number of nitrogens with zero attached hydrogens (tertiary/aromatic N) is 4. The quantitative estimate of drug-likeness (QED) is 0.668. The van der Waals surface area contributed by atoms with Crippen LogP contribution < -0.4 is 20.9 Å². The summed E-state index contributed by atoms with van der Waals surface area (Å²) >= 11 is 0. The molecule has 0 bridgehead atoms. The Morgan fingerprint density at radius 2 is 1.96 bits per heavy atom. The van der Waals surface area contributed by atoms with Crippen LogP contribution in [0.25, 0.3) is 0 Å². The Hall–Kier alpha value is -2.85. The number of piperidine rings is 1. The zero-order chi connectivity index (χ0) is 19.2. The van der Waals surface area contributed by atoms with Crippen LogP contribution in [-0.4, -0.2) is 47.7 Å². The van der Waals surface area contributed by atoms with Gasteiger partial charge in [-0.25, -0.2) is 15.0 Å². The van der Waals surface area contributed by atoms with Gasteiger partial charge < -0.3 is 20.9 Å². The summed E-state index contributed by atoms with van der Waals surface area (Å²) in [6, 6.07) is 2.07. The Morgan fingerprint density at radius 1 is 1.11 bits per heavy atom. The zero-order valence-electron chi connectivity index (χ0n) is 16.1. The van der Waals surface area contributed by atoms with Crippen LogP contribution in [0.5, 0.6) is 0 Å². The fourth-order valence-electron chi connectivity index (χ4n) is 3.82. The molecule has 2 aromatic rings. The number of nitrogens with one attached hydrogen (secondary N) is 3. The van der Waals surface area contributed by atoms with Gasteiger partial charge >= 0.3 is 0 Å². The summed E-state index contributed by atoms with van der Waals surface area (Å²) < 4.78 is 0. The number of terminal acetylenes is 1. The molecule has 0 aliphatic carbocycles. The van der Waals surface area contributed by atoms with Crippen molar-refractivity contribution in [3.63, 3.8) is 0 Å². The van der Waals surface area contributed by atoms with Gasteiger partial charge in [0.1, 0.15) is 17.3 Å².